The Kier molecular flexibility index (Phi) is 3.77. The molecular weight excluding hydrogens is 214 g/mol. The van der Waals surface area contributed by atoms with Gasteiger partial charge in [0.25, 0.3) is 0 Å². The molecule has 16 heavy (non-hydrogen) atoms. The van der Waals surface area contributed by atoms with Crippen molar-refractivity contribution in [1.82, 2.24) is 0 Å². The first-order chi connectivity index (χ1) is 7.32. The van der Waals surface area contributed by atoms with Gasteiger partial charge in [-0.15, -0.1) is 0 Å². The SMILES string of the molecule is CC(C)C(C#N)(O[Si](C)(C)C)C1=CC=CC1. The van der Waals surface area contributed by atoms with Crippen molar-refractivity contribution < 1.29 is 4.43 Å². The fourth-order valence-corrected chi connectivity index (χ4v) is 3.36. The summed E-state index contributed by atoms with van der Waals surface area (Å²) in [6, 6.07) is 2.42. The molecule has 1 aliphatic rings. The molecule has 88 valence electrons. The lowest BCUT2D eigenvalue weighted by atomic mass is 9.84. The van der Waals surface area contributed by atoms with Crippen LogP contribution in [0.25, 0.3) is 0 Å². The number of rotatable bonds is 4. The molecule has 0 radical (unpaired) electrons. The highest BCUT2D eigenvalue weighted by atomic mass is 28.4. The molecule has 0 bridgehead atoms. The van der Waals surface area contributed by atoms with E-state index in [0.29, 0.717) is 0 Å². The summed E-state index contributed by atoms with van der Waals surface area (Å²) in [6.07, 6.45) is 6.97. The topological polar surface area (TPSA) is 33.0 Å². The van der Waals surface area contributed by atoms with Crippen LogP contribution in [0.1, 0.15) is 20.3 Å². The van der Waals surface area contributed by atoms with Crippen molar-refractivity contribution in [3.05, 3.63) is 23.8 Å². The van der Waals surface area contributed by atoms with Crippen molar-refractivity contribution in [2.24, 2.45) is 5.92 Å². The maximum Gasteiger partial charge on any atom is 0.186 e. The van der Waals surface area contributed by atoms with Gasteiger partial charge in [-0.2, -0.15) is 5.26 Å². The van der Waals surface area contributed by atoms with Crippen LogP contribution < -0.4 is 0 Å². The second kappa shape index (κ2) is 4.56. The molecule has 0 fully saturated rings. The molecule has 0 spiro atoms. The lowest BCUT2D eigenvalue weighted by molar-refractivity contribution is 0.105. The van der Waals surface area contributed by atoms with E-state index in [4.69, 9.17) is 4.43 Å². The van der Waals surface area contributed by atoms with Gasteiger partial charge < -0.3 is 4.43 Å². The maximum absolute atomic E-state index is 9.55. The fraction of sp³-hybridized carbons (Fsp3) is 0.615. The minimum absolute atomic E-state index is 0.176. The van der Waals surface area contributed by atoms with Crippen molar-refractivity contribution in [2.45, 2.75) is 45.5 Å². The van der Waals surface area contributed by atoms with Crippen LogP contribution in [-0.2, 0) is 4.43 Å². The Morgan fingerprint density at radius 1 is 1.44 bits per heavy atom. The zero-order chi connectivity index (χ0) is 12.4. The first-order valence-electron chi connectivity index (χ1n) is 5.79. The molecule has 1 aliphatic carbocycles. The minimum atomic E-state index is -1.74. The molecule has 0 aliphatic heterocycles. The third-order valence-electron chi connectivity index (χ3n) is 2.69. The first kappa shape index (κ1) is 13.2. The second-order valence-electron chi connectivity index (χ2n) is 5.54. The summed E-state index contributed by atoms with van der Waals surface area (Å²) in [7, 11) is -1.74. The summed E-state index contributed by atoms with van der Waals surface area (Å²) in [6.45, 7) is 10.5. The van der Waals surface area contributed by atoms with E-state index in [1.54, 1.807) is 0 Å². The van der Waals surface area contributed by atoms with Crippen LogP contribution in [0, 0.1) is 17.2 Å². The molecule has 1 unspecified atom stereocenters. The summed E-state index contributed by atoms with van der Waals surface area (Å²) in [5, 5.41) is 9.55. The van der Waals surface area contributed by atoms with Gasteiger partial charge in [-0.25, -0.2) is 0 Å². The highest BCUT2D eigenvalue weighted by Gasteiger charge is 2.42. The summed E-state index contributed by atoms with van der Waals surface area (Å²) >= 11 is 0. The Bertz CT molecular complexity index is 357. The average molecular weight is 235 g/mol. The summed E-state index contributed by atoms with van der Waals surface area (Å²) in [5.41, 5.74) is 0.376. The molecule has 0 saturated carbocycles. The number of allylic oxidation sites excluding steroid dienone is 3. The molecule has 2 nitrogen and oxygen atoms in total. The second-order valence-corrected chi connectivity index (χ2v) is 9.97. The molecular formula is C13H21NOSi. The molecule has 0 amide bonds. The minimum Gasteiger partial charge on any atom is -0.397 e. The van der Waals surface area contributed by atoms with Gasteiger partial charge in [0.15, 0.2) is 13.9 Å². The van der Waals surface area contributed by atoms with Crippen LogP contribution in [0.15, 0.2) is 23.8 Å². The molecule has 1 atom stereocenters. The predicted molar refractivity (Wildman–Crippen MR) is 69.5 cm³/mol. The molecule has 1 rings (SSSR count). The summed E-state index contributed by atoms with van der Waals surface area (Å²) < 4.78 is 6.19. The summed E-state index contributed by atoms with van der Waals surface area (Å²) in [4.78, 5) is 0. The number of nitriles is 1. The van der Waals surface area contributed by atoms with E-state index in [1.165, 1.54) is 0 Å². The molecule has 0 aromatic carbocycles. The van der Waals surface area contributed by atoms with Gasteiger partial charge >= 0.3 is 0 Å². The third-order valence-corrected chi connectivity index (χ3v) is 3.63. The third kappa shape index (κ3) is 2.63. The van der Waals surface area contributed by atoms with E-state index in [9.17, 15) is 5.26 Å². The lowest BCUT2D eigenvalue weighted by Crippen LogP contribution is -2.46. The van der Waals surface area contributed by atoms with E-state index in [0.717, 1.165) is 12.0 Å². The van der Waals surface area contributed by atoms with E-state index in [2.05, 4.69) is 45.6 Å². The van der Waals surface area contributed by atoms with E-state index in [-0.39, 0.29) is 5.92 Å². The van der Waals surface area contributed by atoms with Crippen molar-refractivity contribution in [2.75, 3.05) is 0 Å². The Morgan fingerprint density at radius 2 is 2.06 bits per heavy atom. The fourth-order valence-electron chi connectivity index (χ4n) is 1.98. The molecule has 0 heterocycles. The Labute approximate surface area is 99.7 Å². The van der Waals surface area contributed by atoms with Crippen LogP contribution in [0.4, 0.5) is 0 Å². The van der Waals surface area contributed by atoms with Gasteiger partial charge in [-0.1, -0.05) is 32.1 Å². The van der Waals surface area contributed by atoms with Gasteiger partial charge in [-0.05, 0) is 37.6 Å². The van der Waals surface area contributed by atoms with Crippen molar-refractivity contribution in [3.8, 4) is 6.07 Å². The highest BCUT2D eigenvalue weighted by molar-refractivity contribution is 6.69. The maximum atomic E-state index is 9.55. The predicted octanol–water partition coefficient (Wildman–Crippen LogP) is 3.64. The van der Waals surface area contributed by atoms with Gasteiger partial charge in [-0.3, -0.25) is 0 Å². The van der Waals surface area contributed by atoms with E-state index in [1.807, 2.05) is 12.2 Å². The van der Waals surface area contributed by atoms with Crippen LogP contribution in [0.3, 0.4) is 0 Å². The van der Waals surface area contributed by atoms with E-state index >= 15 is 0 Å². The first-order valence-corrected chi connectivity index (χ1v) is 9.20. The van der Waals surface area contributed by atoms with Gasteiger partial charge in [0.1, 0.15) is 6.07 Å². The molecule has 0 aromatic heterocycles. The number of hydrogen-bond acceptors (Lipinski definition) is 2. The number of nitrogens with zero attached hydrogens (tertiary/aromatic N) is 1. The lowest BCUT2D eigenvalue weighted by Gasteiger charge is -2.38. The standard InChI is InChI=1S/C13H21NOSi/c1-11(2)13(10-14,15-16(3,4)5)12-8-6-7-9-12/h6-8,11H,9H2,1-5H3. The van der Waals surface area contributed by atoms with Gasteiger partial charge in [0, 0.05) is 0 Å². The quantitative estimate of drug-likeness (QED) is 0.697. The van der Waals surface area contributed by atoms with Crippen LogP contribution in [0.5, 0.6) is 0 Å². The average Bonchev–Trinajstić information content (AvgIpc) is 2.65. The van der Waals surface area contributed by atoms with E-state index < -0.39 is 13.9 Å². The van der Waals surface area contributed by atoms with Gasteiger partial charge in [0.2, 0.25) is 0 Å². The van der Waals surface area contributed by atoms with Crippen molar-refractivity contribution >= 4 is 8.32 Å². The Balaban J connectivity index is 3.07. The Hall–Kier alpha value is -0.853. The van der Waals surface area contributed by atoms with Crippen LogP contribution in [0.2, 0.25) is 19.6 Å². The molecule has 0 N–H and O–H groups in total. The molecule has 0 aromatic rings. The van der Waals surface area contributed by atoms with Crippen molar-refractivity contribution in [3.63, 3.8) is 0 Å². The zero-order valence-corrected chi connectivity index (χ0v) is 11.9. The van der Waals surface area contributed by atoms with Gasteiger partial charge in [0.05, 0.1) is 0 Å². The largest absolute Gasteiger partial charge is 0.397 e. The van der Waals surface area contributed by atoms with Crippen molar-refractivity contribution in [1.29, 1.82) is 5.26 Å². The van der Waals surface area contributed by atoms with Crippen LogP contribution in [-0.4, -0.2) is 13.9 Å². The number of hydrogen-bond donors (Lipinski definition) is 0. The Morgan fingerprint density at radius 3 is 2.38 bits per heavy atom. The molecule has 0 saturated heterocycles. The van der Waals surface area contributed by atoms with Crippen LogP contribution >= 0.6 is 0 Å². The summed E-state index contributed by atoms with van der Waals surface area (Å²) in [5.74, 6) is 0.176. The highest BCUT2D eigenvalue weighted by Crippen LogP contribution is 2.36. The monoisotopic (exact) mass is 235 g/mol. The smallest absolute Gasteiger partial charge is 0.186 e. The molecule has 3 heteroatoms. The zero-order valence-electron chi connectivity index (χ0n) is 10.9. The normalized spacial score (nSPS) is 19.4.